The van der Waals surface area contributed by atoms with Crippen LogP contribution in [0.1, 0.15) is 21.8 Å². The summed E-state index contributed by atoms with van der Waals surface area (Å²) in [4.78, 5) is 32.8. The number of anilines is 1. The first-order valence-corrected chi connectivity index (χ1v) is 11.1. The molecule has 3 heterocycles. The average molecular weight is 466 g/mol. The molecule has 2 amide bonds. The van der Waals surface area contributed by atoms with Crippen molar-refractivity contribution >= 4 is 28.6 Å². The lowest BCUT2D eigenvalue weighted by Crippen LogP contribution is -2.37. The van der Waals surface area contributed by atoms with E-state index in [1.807, 2.05) is 48.5 Å². The monoisotopic (exact) mass is 466 g/mol. The molecule has 2 aromatic carbocycles. The number of rotatable bonds is 7. The maximum absolute atomic E-state index is 13.9. The third kappa shape index (κ3) is 4.81. The van der Waals surface area contributed by atoms with Crippen LogP contribution in [-0.2, 0) is 11.3 Å². The number of fused-ring (bicyclic) bond motifs is 1. The van der Waals surface area contributed by atoms with E-state index in [2.05, 4.69) is 15.5 Å². The minimum absolute atomic E-state index is 0.114. The Hall–Kier alpha value is -4.72. The fourth-order valence-corrected chi connectivity index (χ4v) is 3.88. The maximum atomic E-state index is 13.9. The Balaban J connectivity index is 1.52. The van der Waals surface area contributed by atoms with Gasteiger partial charge in [0, 0.05) is 11.3 Å². The van der Waals surface area contributed by atoms with Gasteiger partial charge in [-0.1, -0.05) is 53.7 Å². The number of amides is 2. The number of pyridine rings is 1. The molecule has 0 unspecified atom stereocenters. The van der Waals surface area contributed by atoms with Crippen LogP contribution in [0, 0.1) is 6.92 Å². The average Bonchev–Trinajstić information content (AvgIpc) is 3.53. The van der Waals surface area contributed by atoms with Gasteiger partial charge in [0.25, 0.3) is 11.6 Å². The first-order chi connectivity index (χ1) is 17.1. The fourth-order valence-electron chi connectivity index (χ4n) is 3.88. The minimum Gasteiger partial charge on any atom is -0.467 e. The van der Waals surface area contributed by atoms with Crippen LogP contribution in [0.5, 0.6) is 0 Å². The van der Waals surface area contributed by atoms with Gasteiger partial charge in [0.1, 0.15) is 12.3 Å². The van der Waals surface area contributed by atoms with E-state index in [0.29, 0.717) is 33.8 Å². The molecule has 0 aliphatic rings. The van der Waals surface area contributed by atoms with Gasteiger partial charge in [-0.05, 0) is 37.3 Å². The number of benzene rings is 2. The third-order valence-corrected chi connectivity index (χ3v) is 5.52. The van der Waals surface area contributed by atoms with E-state index in [-0.39, 0.29) is 30.6 Å². The van der Waals surface area contributed by atoms with Gasteiger partial charge in [-0.25, -0.2) is 4.98 Å². The largest absolute Gasteiger partial charge is 0.467 e. The first-order valence-electron chi connectivity index (χ1n) is 11.1. The molecule has 0 saturated carbocycles. The molecular formula is C27H22N4O4. The van der Waals surface area contributed by atoms with Crippen molar-refractivity contribution in [3.05, 3.63) is 102 Å². The molecule has 0 radical (unpaired) electrons. The lowest BCUT2D eigenvalue weighted by Gasteiger charge is -2.22. The summed E-state index contributed by atoms with van der Waals surface area (Å²) in [6.45, 7) is 1.69. The summed E-state index contributed by atoms with van der Waals surface area (Å²) in [7, 11) is 0. The molecule has 0 aliphatic carbocycles. The molecule has 8 nitrogen and oxygen atoms in total. The number of furan rings is 1. The summed E-state index contributed by atoms with van der Waals surface area (Å²) in [6, 6.07) is 23.8. The van der Waals surface area contributed by atoms with Crippen molar-refractivity contribution in [3.8, 4) is 11.3 Å². The lowest BCUT2D eigenvalue weighted by molar-refractivity contribution is -0.117. The standard InChI is InChI=1S/C27H22N4O4/c1-18-25-22(15-23(29-26(25)35-30-18)19-9-4-2-5-10-19)27(33)31(16-21-13-8-14-34-21)17-24(32)28-20-11-6-3-7-12-20/h2-15H,16-17H2,1H3,(H,28,32). The van der Waals surface area contributed by atoms with Crippen molar-refractivity contribution in [2.45, 2.75) is 13.5 Å². The van der Waals surface area contributed by atoms with Crippen LogP contribution < -0.4 is 5.32 Å². The number of hydrogen-bond acceptors (Lipinski definition) is 6. The molecule has 0 spiro atoms. The van der Waals surface area contributed by atoms with Crippen LogP contribution in [-0.4, -0.2) is 33.4 Å². The Morgan fingerprint density at radius 3 is 2.43 bits per heavy atom. The van der Waals surface area contributed by atoms with Crippen molar-refractivity contribution in [1.82, 2.24) is 15.0 Å². The number of hydrogen-bond donors (Lipinski definition) is 1. The third-order valence-electron chi connectivity index (χ3n) is 5.52. The van der Waals surface area contributed by atoms with E-state index in [1.165, 1.54) is 11.2 Å². The van der Waals surface area contributed by atoms with Gasteiger partial charge in [0.15, 0.2) is 0 Å². The zero-order valence-electron chi connectivity index (χ0n) is 19.0. The zero-order valence-corrected chi connectivity index (χ0v) is 19.0. The van der Waals surface area contributed by atoms with Gasteiger partial charge < -0.3 is 19.2 Å². The molecule has 0 fully saturated rings. The van der Waals surface area contributed by atoms with E-state index in [9.17, 15) is 9.59 Å². The predicted octanol–water partition coefficient (Wildman–Crippen LogP) is 5.07. The molecular weight excluding hydrogens is 444 g/mol. The van der Waals surface area contributed by atoms with Crippen molar-refractivity contribution in [2.24, 2.45) is 0 Å². The van der Waals surface area contributed by atoms with Crippen LogP contribution in [0.25, 0.3) is 22.4 Å². The second-order valence-electron chi connectivity index (χ2n) is 8.02. The van der Waals surface area contributed by atoms with Crippen molar-refractivity contribution in [3.63, 3.8) is 0 Å². The highest BCUT2D eigenvalue weighted by Crippen LogP contribution is 2.28. The van der Waals surface area contributed by atoms with E-state index < -0.39 is 0 Å². The minimum atomic E-state index is -0.361. The Morgan fingerprint density at radius 1 is 0.971 bits per heavy atom. The number of para-hydroxylation sites is 1. The fraction of sp³-hybridized carbons (Fsp3) is 0.111. The molecule has 1 N–H and O–H groups in total. The van der Waals surface area contributed by atoms with E-state index in [1.54, 1.807) is 37.3 Å². The topological polar surface area (TPSA) is 101 Å². The molecule has 3 aromatic heterocycles. The highest BCUT2D eigenvalue weighted by molar-refractivity contribution is 6.08. The second kappa shape index (κ2) is 9.64. The van der Waals surface area contributed by atoms with Crippen LogP contribution in [0.4, 0.5) is 5.69 Å². The van der Waals surface area contributed by atoms with E-state index >= 15 is 0 Å². The highest BCUT2D eigenvalue weighted by atomic mass is 16.5. The summed E-state index contributed by atoms with van der Waals surface area (Å²) >= 11 is 0. The van der Waals surface area contributed by atoms with Gasteiger partial charge in [0.05, 0.1) is 35.1 Å². The number of carbonyl (C=O) groups excluding carboxylic acids is 2. The van der Waals surface area contributed by atoms with Crippen LogP contribution in [0.15, 0.2) is 94.1 Å². The smallest absolute Gasteiger partial charge is 0.259 e. The van der Waals surface area contributed by atoms with Gasteiger partial charge in [-0.15, -0.1) is 0 Å². The molecule has 0 bridgehead atoms. The van der Waals surface area contributed by atoms with Crippen molar-refractivity contribution < 1.29 is 18.5 Å². The van der Waals surface area contributed by atoms with Crippen molar-refractivity contribution in [1.29, 1.82) is 0 Å². The SMILES string of the molecule is Cc1noc2nc(-c3ccccc3)cc(C(=O)N(CC(=O)Nc3ccccc3)Cc3ccco3)c12. The lowest BCUT2D eigenvalue weighted by atomic mass is 10.0. The molecule has 0 atom stereocenters. The number of aromatic nitrogens is 2. The summed E-state index contributed by atoms with van der Waals surface area (Å²) in [6.07, 6.45) is 1.53. The zero-order chi connectivity index (χ0) is 24.2. The van der Waals surface area contributed by atoms with Gasteiger partial charge in [-0.2, -0.15) is 0 Å². The first kappa shape index (κ1) is 22.1. The number of nitrogens with zero attached hydrogens (tertiary/aromatic N) is 3. The van der Waals surface area contributed by atoms with Crippen LogP contribution in [0.2, 0.25) is 0 Å². The van der Waals surface area contributed by atoms with E-state index in [0.717, 1.165) is 5.56 Å². The summed E-state index contributed by atoms with van der Waals surface area (Å²) in [5, 5.41) is 7.37. The van der Waals surface area contributed by atoms with E-state index in [4.69, 9.17) is 8.94 Å². The summed E-state index contributed by atoms with van der Waals surface area (Å²) in [5.41, 5.74) is 3.21. The molecule has 5 rings (SSSR count). The quantitative estimate of drug-likeness (QED) is 0.359. The molecule has 0 saturated heterocycles. The number of nitrogens with one attached hydrogen (secondary N) is 1. The van der Waals surface area contributed by atoms with Crippen LogP contribution >= 0.6 is 0 Å². The number of carbonyl (C=O) groups is 2. The molecule has 5 aromatic rings. The van der Waals surface area contributed by atoms with Gasteiger partial charge >= 0.3 is 0 Å². The van der Waals surface area contributed by atoms with Crippen molar-refractivity contribution in [2.75, 3.05) is 11.9 Å². The Bertz CT molecular complexity index is 1460. The molecule has 174 valence electrons. The molecule has 0 aliphatic heterocycles. The molecule has 8 heteroatoms. The van der Waals surface area contributed by atoms with Gasteiger partial charge in [-0.3, -0.25) is 9.59 Å². The maximum Gasteiger partial charge on any atom is 0.259 e. The summed E-state index contributed by atoms with van der Waals surface area (Å²) in [5.74, 6) is -0.131. The number of aryl methyl sites for hydroxylation is 1. The molecule has 35 heavy (non-hydrogen) atoms. The Kier molecular flexibility index (Phi) is 6.09. The highest BCUT2D eigenvalue weighted by Gasteiger charge is 2.26. The normalized spacial score (nSPS) is 10.9. The summed E-state index contributed by atoms with van der Waals surface area (Å²) < 4.78 is 10.9. The second-order valence-corrected chi connectivity index (χ2v) is 8.02. The van der Waals surface area contributed by atoms with Crippen LogP contribution in [0.3, 0.4) is 0 Å². The van der Waals surface area contributed by atoms with Gasteiger partial charge in [0.2, 0.25) is 5.91 Å². The Morgan fingerprint density at radius 2 is 1.71 bits per heavy atom. The Labute approximate surface area is 201 Å². The predicted molar refractivity (Wildman–Crippen MR) is 130 cm³/mol.